The lowest BCUT2D eigenvalue weighted by atomic mass is 10.1. The number of hydrogen-bond donors (Lipinski definition) is 2. The average Bonchev–Trinajstić information content (AvgIpc) is 3.37. The molecule has 4 rings (SSSR count). The normalized spacial score (nSPS) is 17.9. The molecule has 0 radical (unpaired) electrons. The molecule has 1 saturated heterocycles. The number of nitrogens with zero attached hydrogens (tertiary/aromatic N) is 3. The van der Waals surface area contributed by atoms with Gasteiger partial charge in [-0.2, -0.15) is 0 Å². The molecule has 0 atom stereocenters. The zero-order chi connectivity index (χ0) is 18.6. The van der Waals surface area contributed by atoms with Crippen LogP contribution in [0.1, 0.15) is 55.1 Å². The van der Waals surface area contributed by atoms with Gasteiger partial charge >= 0.3 is 0 Å². The number of carbonyl (C=O) groups is 1. The maximum absolute atomic E-state index is 14.3. The molecule has 1 aliphatic carbocycles. The highest BCUT2D eigenvalue weighted by molar-refractivity contribution is 6.02. The van der Waals surface area contributed by atoms with Crippen molar-refractivity contribution in [1.29, 1.82) is 0 Å². The van der Waals surface area contributed by atoms with Gasteiger partial charge in [0.05, 0.1) is 18.3 Å². The zero-order valence-corrected chi connectivity index (χ0v) is 16.4. The topological polar surface area (TPSA) is 81.1 Å². The molecule has 28 heavy (non-hydrogen) atoms. The number of aromatic nitrogens is 3. The molecule has 7 nitrogen and oxygen atoms in total. The van der Waals surface area contributed by atoms with Crippen LogP contribution in [-0.2, 0) is 0 Å². The van der Waals surface area contributed by atoms with Gasteiger partial charge in [0.15, 0.2) is 17.3 Å². The summed E-state index contributed by atoms with van der Waals surface area (Å²) in [7, 11) is 0. The van der Waals surface area contributed by atoms with Gasteiger partial charge in [0, 0.05) is 11.8 Å². The molecular formula is C19H25ClFN5O2. The Morgan fingerprint density at radius 3 is 2.68 bits per heavy atom. The smallest absolute Gasteiger partial charge is 0.277 e. The molecule has 1 aliphatic heterocycles. The maximum Gasteiger partial charge on any atom is 0.277 e. The number of benzene rings is 1. The molecule has 1 amide bonds. The minimum absolute atomic E-state index is 0. The standard InChI is InChI=1S/C19H24FN5O2.ClH/c20-16-11-13(5-6-18(16)27-15-3-1-2-4-15)22-19(26)17-12-25(24-23-17)14-7-9-21-10-8-14;/h5-6,11-12,14-15,21H,1-4,7-10H2,(H,22,26);1H. The van der Waals surface area contributed by atoms with Gasteiger partial charge in [-0.15, -0.1) is 17.5 Å². The zero-order valence-electron chi connectivity index (χ0n) is 15.6. The summed E-state index contributed by atoms with van der Waals surface area (Å²) in [4.78, 5) is 12.4. The second-order valence-corrected chi connectivity index (χ2v) is 7.19. The minimum Gasteiger partial charge on any atom is -0.487 e. The van der Waals surface area contributed by atoms with E-state index in [1.54, 1.807) is 23.0 Å². The Kier molecular flexibility index (Phi) is 6.85. The fourth-order valence-corrected chi connectivity index (χ4v) is 3.69. The molecule has 2 aromatic rings. The first-order chi connectivity index (χ1) is 13.2. The van der Waals surface area contributed by atoms with E-state index in [0.29, 0.717) is 5.69 Å². The Morgan fingerprint density at radius 1 is 1.21 bits per heavy atom. The molecule has 2 N–H and O–H groups in total. The van der Waals surface area contributed by atoms with E-state index in [-0.39, 0.29) is 36.0 Å². The molecule has 1 saturated carbocycles. The highest BCUT2D eigenvalue weighted by Crippen LogP contribution is 2.27. The third-order valence-corrected chi connectivity index (χ3v) is 5.21. The van der Waals surface area contributed by atoms with Crippen LogP contribution in [0.3, 0.4) is 0 Å². The van der Waals surface area contributed by atoms with Gasteiger partial charge in [-0.1, -0.05) is 5.21 Å². The monoisotopic (exact) mass is 409 g/mol. The summed E-state index contributed by atoms with van der Waals surface area (Å²) < 4.78 is 21.7. The van der Waals surface area contributed by atoms with Crippen LogP contribution in [0.2, 0.25) is 0 Å². The van der Waals surface area contributed by atoms with Crippen molar-refractivity contribution in [2.75, 3.05) is 18.4 Å². The average molecular weight is 410 g/mol. The van der Waals surface area contributed by atoms with Crippen molar-refractivity contribution >= 4 is 24.0 Å². The van der Waals surface area contributed by atoms with Crippen LogP contribution in [-0.4, -0.2) is 40.1 Å². The number of hydrogen-bond acceptors (Lipinski definition) is 5. The first-order valence-corrected chi connectivity index (χ1v) is 9.59. The summed E-state index contributed by atoms with van der Waals surface area (Å²) in [6.07, 6.45) is 7.83. The SMILES string of the molecule is Cl.O=C(Nc1ccc(OC2CCCC2)c(F)c1)c1cn(C2CCNCC2)nn1. The quantitative estimate of drug-likeness (QED) is 0.791. The molecule has 1 aromatic heterocycles. The highest BCUT2D eigenvalue weighted by Gasteiger charge is 2.20. The van der Waals surface area contributed by atoms with Gasteiger partial charge in [-0.3, -0.25) is 4.79 Å². The van der Waals surface area contributed by atoms with E-state index in [1.165, 1.54) is 6.07 Å². The number of carbonyl (C=O) groups excluding carboxylic acids is 1. The first-order valence-electron chi connectivity index (χ1n) is 9.59. The molecule has 1 aromatic carbocycles. The summed E-state index contributed by atoms with van der Waals surface area (Å²) in [5.74, 6) is -0.645. The molecule has 0 spiro atoms. The van der Waals surface area contributed by atoms with Crippen LogP contribution in [0, 0.1) is 5.82 Å². The summed E-state index contributed by atoms with van der Waals surface area (Å²) in [6.45, 7) is 1.86. The fourth-order valence-electron chi connectivity index (χ4n) is 3.69. The summed E-state index contributed by atoms with van der Waals surface area (Å²) >= 11 is 0. The Labute approximate surface area is 169 Å². The predicted molar refractivity (Wildman–Crippen MR) is 106 cm³/mol. The lowest BCUT2D eigenvalue weighted by Crippen LogP contribution is -2.29. The third-order valence-electron chi connectivity index (χ3n) is 5.21. The van der Waals surface area contributed by atoms with Gasteiger partial charge < -0.3 is 15.4 Å². The number of ether oxygens (including phenoxy) is 1. The van der Waals surface area contributed by atoms with Gasteiger partial charge in [0.1, 0.15) is 0 Å². The van der Waals surface area contributed by atoms with E-state index in [4.69, 9.17) is 4.74 Å². The predicted octanol–water partition coefficient (Wildman–Crippen LogP) is 3.34. The summed E-state index contributed by atoms with van der Waals surface area (Å²) in [6, 6.07) is 4.74. The number of halogens is 2. The van der Waals surface area contributed by atoms with E-state index in [1.807, 2.05) is 0 Å². The molecule has 0 bridgehead atoms. The largest absolute Gasteiger partial charge is 0.487 e. The van der Waals surface area contributed by atoms with Crippen molar-refractivity contribution in [3.8, 4) is 5.75 Å². The van der Waals surface area contributed by atoms with Crippen molar-refractivity contribution in [3.63, 3.8) is 0 Å². The van der Waals surface area contributed by atoms with Crippen LogP contribution in [0.15, 0.2) is 24.4 Å². The van der Waals surface area contributed by atoms with Gasteiger partial charge in [0.25, 0.3) is 5.91 Å². The third kappa shape index (κ3) is 4.80. The van der Waals surface area contributed by atoms with Crippen LogP contribution in [0.5, 0.6) is 5.75 Å². The van der Waals surface area contributed by atoms with Gasteiger partial charge in [-0.05, 0) is 63.7 Å². The second kappa shape index (κ2) is 9.34. The van der Waals surface area contributed by atoms with Crippen LogP contribution < -0.4 is 15.4 Å². The van der Waals surface area contributed by atoms with Crippen LogP contribution in [0.25, 0.3) is 0 Å². The van der Waals surface area contributed by atoms with Crippen molar-refractivity contribution in [3.05, 3.63) is 35.9 Å². The van der Waals surface area contributed by atoms with Crippen LogP contribution in [0.4, 0.5) is 10.1 Å². The number of amides is 1. The second-order valence-electron chi connectivity index (χ2n) is 7.19. The van der Waals surface area contributed by atoms with Crippen molar-refractivity contribution in [2.45, 2.75) is 50.7 Å². The lowest BCUT2D eigenvalue weighted by molar-refractivity contribution is 0.102. The molecule has 2 fully saturated rings. The molecule has 152 valence electrons. The summed E-state index contributed by atoms with van der Waals surface area (Å²) in [5.41, 5.74) is 0.591. The molecule has 9 heteroatoms. The molecular weight excluding hydrogens is 385 g/mol. The molecule has 0 unspecified atom stereocenters. The van der Waals surface area contributed by atoms with E-state index in [9.17, 15) is 9.18 Å². The Bertz CT molecular complexity index is 803. The maximum atomic E-state index is 14.3. The lowest BCUT2D eigenvalue weighted by Gasteiger charge is -2.22. The Balaban J connectivity index is 0.00000225. The number of anilines is 1. The van der Waals surface area contributed by atoms with Crippen molar-refractivity contribution in [2.24, 2.45) is 0 Å². The number of rotatable bonds is 5. The first kappa shape index (κ1) is 20.5. The Hall–Kier alpha value is -2.19. The molecule has 2 heterocycles. The number of piperidine rings is 1. The summed E-state index contributed by atoms with van der Waals surface area (Å²) in [5, 5.41) is 14.0. The minimum atomic E-state index is -0.474. The van der Waals surface area contributed by atoms with E-state index < -0.39 is 11.7 Å². The van der Waals surface area contributed by atoms with E-state index in [2.05, 4.69) is 20.9 Å². The number of nitrogens with one attached hydrogen (secondary N) is 2. The van der Waals surface area contributed by atoms with E-state index >= 15 is 0 Å². The highest BCUT2D eigenvalue weighted by atomic mass is 35.5. The van der Waals surface area contributed by atoms with Crippen LogP contribution >= 0.6 is 12.4 Å². The van der Waals surface area contributed by atoms with Gasteiger partial charge in [-0.25, -0.2) is 9.07 Å². The van der Waals surface area contributed by atoms with Crippen molar-refractivity contribution < 1.29 is 13.9 Å². The Morgan fingerprint density at radius 2 is 1.96 bits per heavy atom. The van der Waals surface area contributed by atoms with E-state index in [0.717, 1.165) is 51.6 Å². The van der Waals surface area contributed by atoms with Gasteiger partial charge in [0.2, 0.25) is 0 Å². The van der Waals surface area contributed by atoms with Crippen molar-refractivity contribution in [1.82, 2.24) is 20.3 Å². The fraction of sp³-hybridized carbons (Fsp3) is 0.526. The molecule has 2 aliphatic rings.